The van der Waals surface area contributed by atoms with Crippen molar-refractivity contribution in [2.75, 3.05) is 12.3 Å². The summed E-state index contributed by atoms with van der Waals surface area (Å²) in [5, 5.41) is 7.03. The molecule has 1 saturated heterocycles. The molecule has 0 aliphatic carbocycles. The first-order chi connectivity index (χ1) is 11.5. The van der Waals surface area contributed by atoms with Crippen molar-refractivity contribution in [3.8, 4) is 0 Å². The summed E-state index contributed by atoms with van der Waals surface area (Å²) in [4.78, 5) is 38.9. The van der Waals surface area contributed by atoms with Gasteiger partial charge in [-0.3, -0.25) is 18.9 Å². The summed E-state index contributed by atoms with van der Waals surface area (Å²) < 4.78 is 35.9. The zero-order valence-corrected chi connectivity index (χ0v) is 13.8. The van der Waals surface area contributed by atoms with Gasteiger partial charge in [-0.1, -0.05) is 11.6 Å². The van der Waals surface area contributed by atoms with Crippen LogP contribution in [0.25, 0.3) is 11.2 Å². The van der Waals surface area contributed by atoms with Crippen LogP contribution >= 0.6 is 19.4 Å². The molecular weight excluding hydrogens is 388 g/mol. The molecule has 1 aliphatic heterocycles. The molecule has 0 amide bonds. The highest BCUT2D eigenvalue weighted by molar-refractivity contribution is 7.46. The van der Waals surface area contributed by atoms with E-state index in [0.717, 1.165) is 10.9 Å². The number of nitrogen functional groups attached to an aromatic ring is 1. The molecule has 25 heavy (non-hydrogen) atoms. The first-order valence-electron chi connectivity index (χ1n) is 6.64. The minimum atomic E-state index is -4.87. The summed E-state index contributed by atoms with van der Waals surface area (Å²) in [6.45, 7) is -0.830. The van der Waals surface area contributed by atoms with Crippen LogP contribution < -0.4 is 11.3 Å². The smallest absolute Gasteiger partial charge is 0.385 e. The Kier molecular flexibility index (Phi) is 4.36. The van der Waals surface area contributed by atoms with Crippen LogP contribution in [0.1, 0.15) is 6.23 Å². The topological polar surface area (TPSA) is 186 Å². The Morgan fingerprint density at radius 1 is 1.60 bits per heavy atom. The minimum Gasteiger partial charge on any atom is -0.385 e. The number of aliphatic hydroxyl groups excluding tert-OH is 1. The fraction of sp³-hybridized carbons (Fsp3) is 0.500. The fourth-order valence-corrected chi connectivity index (χ4v) is 3.03. The molecule has 6 N–H and O–H groups in total. The number of nitrogens with zero attached hydrogens (tertiary/aromatic N) is 3. The zero-order valence-electron chi connectivity index (χ0n) is 12.1. The number of fused-ring (bicyclic) bond motifs is 1. The molecule has 0 radical (unpaired) electrons. The van der Waals surface area contributed by atoms with Gasteiger partial charge in [0.05, 0.1) is 12.9 Å². The Labute approximate surface area is 142 Å². The molecule has 2 aromatic heterocycles. The van der Waals surface area contributed by atoms with Crippen LogP contribution in [0, 0.1) is 0 Å². The van der Waals surface area contributed by atoms with Gasteiger partial charge in [0.2, 0.25) is 5.95 Å². The summed E-state index contributed by atoms with van der Waals surface area (Å²) in [5.41, 5.74) is 4.43. The van der Waals surface area contributed by atoms with E-state index in [4.69, 9.17) is 31.9 Å². The van der Waals surface area contributed by atoms with Gasteiger partial charge in [-0.25, -0.2) is 13.9 Å². The molecule has 0 unspecified atom stereocenters. The van der Waals surface area contributed by atoms with E-state index < -0.39 is 43.6 Å². The Morgan fingerprint density at radius 2 is 2.28 bits per heavy atom. The number of halogens is 2. The third kappa shape index (κ3) is 3.27. The maximum atomic E-state index is 14.8. The first kappa shape index (κ1) is 18.2. The summed E-state index contributed by atoms with van der Waals surface area (Å²) in [7, 11) is -4.87. The summed E-state index contributed by atoms with van der Waals surface area (Å²) in [5.74, 6) is -0.266. The number of alkyl halides is 2. The van der Waals surface area contributed by atoms with Crippen LogP contribution in [0.3, 0.4) is 0 Å². The largest absolute Gasteiger partial charge is 0.469 e. The van der Waals surface area contributed by atoms with Crippen molar-refractivity contribution in [3.63, 3.8) is 0 Å². The van der Waals surface area contributed by atoms with Crippen LogP contribution in [0.2, 0.25) is 0 Å². The number of aliphatic hydroxyl groups is 1. The van der Waals surface area contributed by atoms with Crippen molar-refractivity contribution in [2.24, 2.45) is 0 Å². The lowest BCUT2D eigenvalue weighted by Gasteiger charge is -2.22. The number of nitrogens with two attached hydrogens (primary N) is 1. The van der Waals surface area contributed by atoms with Gasteiger partial charge in [0, 0.05) is 0 Å². The van der Waals surface area contributed by atoms with Crippen molar-refractivity contribution >= 4 is 36.5 Å². The third-order valence-electron chi connectivity index (χ3n) is 3.49. The SMILES string of the molecule is Nc1nc2c(ncn2[C@@H]2O[C@H](COP(=O)(O)O)[C@@H](O)[C@]2(F)Cl)c(=O)[nH]1. The molecule has 0 bridgehead atoms. The summed E-state index contributed by atoms with van der Waals surface area (Å²) >= 11 is 5.72. The van der Waals surface area contributed by atoms with Gasteiger partial charge < -0.3 is 25.4 Å². The molecule has 138 valence electrons. The quantitative estimate of drug-likeness (QED) is 0.314. The minimum absolute atomic E-state index is 0.155. The molecular formula is C10H12ClFN5O7P. The number of aromatic amines is 1. The molecule has 2 aromatic rings. The number of H-pyrrole nitrogens is 1. The maximum Gasteiger partial charge on any atom is 0.469 e. The third-order valence-corrected chi connectivity index (χ3v) is 4.39. The molecule has 0 aromatic carbocycles. The molecule has 1 fully saturated rings. The highest BCUT2D eigenvalue weighted by Crippen LogP contribution is 2.46. The van der Waals surface area contributed by atoms with Gasteiger partial charge in [0.15, 0.2) is 17.4 Å². The highest BCUT2D eigenvalue weighted by Gasteiger charge is 2.58. The van der Waals surface area contributed by atoms with Crippen molar-refractivity contribution < 1.29 is 33.1 Å². The number of hydrogen-bond acceptors (Lipinski definition) is 8. The number of nitrogens with one attached hydrogen (secondary N) is 1. The van der Waals surface area contributed by atoms with E-state index in [0.29, 0.717) is 0 Å². The number of anilines is 1. The number of rotatable bonds is 4. The van der Waals surface area contributed by atoms with Crippen molar-refractivity contribution in [3.05, 3.63) is 16.7 Å². The maximum absolute atomic E-state index is 14.8. The second-order valence-electron chi connectivity index (χ2n) is 5.21. The van der Waals surface area contributed by atoms with Gasteiger partial charge in [-0.05, 0) is 0 Å². The van der Waals surface area contributed by atoms with Gasteiger partial charge in [0.1, 0.15) is 12.2 Å². The van der Waals surface area contributed by atoms with E-state index in [9.17, 15) is 18.9 Å². The molecule has 0 spiro atoms. The standard InChI is InChI=1S/C10H12ClFN5O7P/c11-10(12)5(18)3(1-23-25(20,21)22)24-8(10)17-2-14-4-6(17)15-9(13)16-7(4)19/h2-3,5,8,18H,1H2,(H2,20,21,22)(H3,13,15,16,19)/t3-,5-,8-,10-/m1/s1. The lowest BCUT2D eigenvalue weighted by Crippen LogP contribution is -2.38. The van der Waals surface area contributed by atoms with Crippen LogP contribution in [-0.4, -0.2) is 58.4 Å². The predicted octanol–water partition coefficient (Wildman–Crippen LogP) is -1.03. The van der Waals surface area contributed by atoms with E-state index in [1.54, 1.807) is 0 Å². The van der Waals surface area contributed by atoms with Crippen LogP contribution in [0.5, 0.6) is 0 Å². The Morgan fingerprint density at radius 3 is 2.92 bits per heavy atom. The lowest BCUT2D eigenvalue weighted by atomic mass is 10.1. The van der Waals surface area contributed by atoms with E-state index in [-0.39, 0.29) is 17.1 Å². The van der Waals surface area contributed by atoms with E-state index in [2.05, 4.69) is 19.5 Å². The number of phosphoric ester groups is 1. The van der Waals surface area contributed by atoms with Gasteiger partial charge in [-0.15, -0.1) is 0 Å². The molecule has 4 atom stereocenters. The van der Waals surface area contributed by atoms with Gasteiger partial charge in [0.25, 0.3) is 10.7 Å². The lowest BCUT2D eigenvalue weighted by molar-refractivity contribution is -0.0474. The van der Waals surface area contributed by atoms with E-state index in [1.807, 2.05) is 0 Å². The first-order valence-corrected chi connectivity index (χ1v) is 8.55. The normalized spacial score (nSPS) is 30.2. The van der Waals surface area contributed by atoms with E-state index in [1.165, 1.54) is 0 Å². The Bertz CT molecular complexity index is 913. The summed E-state index contributed by atoms with van der Waals surface area (Å²) in [6.07, 6.45) is -4.21. The van der Waals surface area contributed by atoms with E-state index >= 15 is 0 Å². The van der Waals surface area contributed by atoms with Crippen LogP contribution in [-0.2, 0) is 13.8 Å². The Hall–Kier alpha value is -1.60. The molecule has 3 rings (SSSR count). The number of phosphoric acid groups is 1. The fourth-order valence-electron chi connectivity index (χ4n) is 2.39. The average Bonchev–Trinajstić information content (AvgIpc) is 2.97. The average molecular weight is 400 g/mol. The Balaban J connectivity index is 1.97. The number of imidazole rings is 1. The molecule has 3 heterocycles. The number of ether oxygens (including phenoxy) is 1. The van der Waals surface area contributed by atoms with Crippen LogP contribution in [0.4, 0.5) is 10.3 Å². The highest BCUT2D eigenvalue weighted by atomic mass is 35.5. The van der Waals surface area contributed by atoms with Crippen molar-refractivity contribution in [1.82, 2.24) is 19.5 Å². The summed E-state index contributed by atoms with van der Waals surface area (Å²) in [6, 6.07) is 0. The monoisotopic (exact) mass is 399 g/mol. The molecule has 12 nitrogen and oxygen atoms in total. The molecule has 15 heteroatoms. The van der Waals surface area contributed by atoms with Gasteiger partial charge in [-0.2, -0.15) is 4.98 Å². The van der Waals surface area contributed by atoms with Crippen LogP contribution in [0.15, 0.2) is 11.1 Å². The zero-order chi connectivity index (χ0) is 18.6. The predicted molar refractivity (Wildman–Crippen MR) is 80.2 cm³/mol. The van der Waals surface area contributed by atoms with Crippen molar-refractivity contribution in [2.45, 2.75) is 23.6 Å². The van der Waals surface area contributed by atoms with Crippen molar-refractivity contribution in [1.29, 1.82) is 0 Å². The molecule has 1 aliphatic rings. The number of hydrogen-bond donors (Lipinski definition) is 5. The molecule has 0 saturated carbocycles. The second kappa shape index (κ2) is 5.99. The van der Waals surface area contributed by atoms with Gasteiger partial charge >= 0.3 is 7.82 Å². The number of aromatic nitrogens is 4. The second-order valence-corrected chi connectivity index (χ2v) is 7.03.